The number of benzene rings is 1. The summed E-state index contributed by atoms with van der Waals surface area (Å²) < 4.78 is 5.09. The molecule has 2 amide bonds. The number of carbonyl (C=O) groups excluding carboxylic acids is 2. The first-order valence-electron chi connectivity index (χ1n) is 8.28. The van der Waals surface area contributed by atoms with Gasteiger partial charge in [-0.25, -0.2) is 0 Å². The molecule has 2 heterocycles. The van der Waals surface area contributed by atoms with Gasteiger partial charge < -0.3 is 14.7 Å². The molecule has 24 heavy (non-hydrogen) atoms. The third-order valence-corrected chi connectivity index (χ3v) is 4.26. The number of nitrogens with zero attached hydrogens (tertiary/aromatic N) is 2. The topological polar surface area (TPSA) is 75.4 Å². The second-order valence-electron chi connectivity index (χ2n) is 5.98. The highest BCUT2D eigenvalue weighted by atomic mass is 16.5. The van der Waals surface area contributed by atoms with Crippen LogP contribution in [0, 0.1) is 5.92 Å². The fourth-order valence-corrected chi connectivity index (χ4v) is 2.91. The highest BCUT2D eigenvalue weighted by Gasteiger charge is 2.29. The van der Waals surface area contributed by atoms with Gasteiger partial charge in [0.15, 0.2) is 5.82 Å². The molecule has 6 nitrogen and oxygen atoms in total. The molecular weight excluding hydrogens is 306 g/mol. The van der Waals surface area contributed by atoms with E-state index in [9.17, 15) is 9.59 Å². The van der Waals surface area contributed by atoms with Crippen LogP contribution in [0.25, 0.3) is 0 Å². The number of hydrogen-bond donors (Lipinski definition) is 1. The molecule has 1 saturated heterocycles. The standard InChI is InChI=1S/C18H21N3O3/c1-2-15-11-16(20-24-15)19-17(22)14-9-6-10-21(12-14)18(23)13-7-4-3-5-8-13/h3-5,7-8,11,14H,2,6,9-10,12H2,1H3,(H,19,20,22). The van der Waals surface area contributed by atoms with Gasteiger partial charge >= 0.3 is 0 Å². The summed E-state index contributed by atoms with van der Waals surface area (Å²) in [6, 6.07) is 10.9. The largest absolute Gasteiger partial charge is 0.359 e. The van der Waals surface area contributed by atoms with Crippen molar-refractivity contribution in [2.24, 2.45) is 5.92 Å². The van der Waals surface area contributed by atoms with E-state index in [2.05, 4.69) is 10.5 Å². The van der Waals surface area contributed by atoms with E-state index in [-0.39, 0.29) is 17.7 Å². The molecule has 1 aliphatic rings. The van der Waals surface area contributed by atoms with Crippen molar-refractivity contribution < 1.29 is 14.1 Å². The maximum atomic E-state index is 12.5. The van der Waals surface area contributed by atoms with Crippen molar-refractivity contribution in [2.75, 3.05) is 18.4 Å². The minimum atomic E-state index is -0.229. The van der Waals surface area contributed by atoms with Crippen LogP contribution in [0.5, 0.6) is 0 Å². The van der Waals surface area contributed by atoms with E-state index < -0.39 is 0 Å². The molecule has 1 unspecified atom stereocenters. The Bertz CT molecular complexity index is 711. The Labute approximate surface area is 140 Å². The third kappa shape index (κ3) is 3.64. The van der Waals surface area contributed by atoms with Crippen LogP contribution in [0.4, 0.5) is 5.82 Å². The molecule has 0 saturated carbocycles. The van der Waals surface area contributed by atoms with Crippen LogP contribution < -0.4 is 5.32 Å². The van der Waals surface area contributed by atoms with Crippen LogP contribution in [-0.4, -0.2) is 35.0 Å². The highest BCUT2D eigenvalue weighted by molar-refractivity contribution is 5.96. The van der Waals surface area contributed by atoms with Gasteiger partial charge in [0.25, 0.3) is 5.91 Å². The van der Waals surface area contributed by atoms with Crippen LogP contribution in [0.2, 0.25) is 0 Å². The van der Waals surface area contributed by atoms with Gasteiger partial charge in [-0.1, -0.05) is 30.3 Å². The molecule has 1 atom stereocenters. The SMILES string of the molecule is CCc1cc(NC(=O)C2CCCN(C(=O)c3ccccc3)C2)no1. The number of aryl methyl sites for hydroxylation is 1. The second kappa shape index (κ2) is 7.29. The maximum absolute atomic E-state index is 12.5. The van der Waals surface area contributed by atoms with Crippen molar-refractivity contribution in [3.05, 3.63) is 47.7 Å². The number of amides is 2. The zero-order chi connectivity index (χ0) is 16.9. The highest BCUT2D eigenvalue weighted by Crippen LogP contribution is 2.20. The molecule has 1 aromatic carbocycles. The second-order valence-corrected chi connectivity index (χ2v) is 5.98. The first-order chi connectivity index (χ1) is 11.7. The lowest BCUT2D eigenvalue weighted by molar-refractivity contribution is -0.121. The van der Waals surface area contributed by atoms with Crippen LogP contribution in [0.1, 0.15) is 35.9 Å². The molecule has 3 rings (SSSR count). The number of hydrogen-bond acceptors (Lipinski definition) is 4. The number of piperidine rings is 1. The summed E-state index contributed by atoms with van der Waals surface area (Å²) in [5.74, 6) is 0.797. The smallest absolute Gasteiger partial charge is 0.253 e. The summed E-state index contributed by atoms with van der Waals surface area (Å²) in [5, 5.41) is 6.62. The number of carbonyl (C=O) groups is 2. The lowest BCUT2D eigenvalue weighted by Crippen LogP contribution is -2.43. The maximum Gasteiger partial charge on any atom is 0.253 e. The number of likely N-dealkylation sites (tertiary alicyclic amines) is 1. The minimum absolute atomic E-state index is 0.0252. The zero-order valence-corrected chi connectivity index (χ0v) is 13.7. The van der Waals surface area contributed by atoms with E-state index in [1.54, 1.807) is 23.1 Å². The van der Waals surface area contributed by atoms with Crippen molar-refractivity contribution in [1.82, 2.24) is 10.1 Å². The van der Waals surface area contributed by atoms with Crippen molar-refractivity contribution in [2.45, 2.75) is 26.2 Å². The zero-order valence-electron chi connectivity index (χ0n) is 13.7. The predicted octanol–water partition coefficient (Wildman–Crippen LogP) is 2.73. The molecule has 126 valence electrons. The number of nitrogens with one attached hydrogen (secondary N) is 1. The Morgan fingerprint density at radius 3 is 2.83 bits per heavy atom. The summed E-state index contributed by atoms with van der Waals surface area (Å²) in [7, 11) is 0. The summed E-state index contributed by atoms with van der Waals surface area (Å²) in [4.78, 5) is 26.7. The van der Waals surface area contributed by atoms with E-state index in [1.807, 2.05) is 25.1 Å². The Morgan fingerprint density at radius 1 is 1.33 bits per heavy atom. The molecule has 0 radical (unpaired) electrons. The lowest BCUT2D eigenvalue weighted by Gasteiger charge is -2.32. The van der Waals surface area contributed by atoms with Gasteiger partial charge in [0.05, 0.1) is 5.92 Å². The molecule has 0 aliphatic carbocycles. The first kappa shape index (κ1) is 16.2. The lowest BCUT2D eigenvalue weighted by atomic mass is 9.96. The summed E-state index contributed by atoms with van der Waals surface area (Å²) in [6.07, 6.45) is 2.31. The molecule has 1 fully saturated rings. The van der Waals surface area contributed by atoms with E-state index in [4.69, 9.17) is 4.52 Å². The van der Waals surface area contributed by atoms with Gasteiger partial charge in [0.2, 0.25) is 5.91 Å². The number of aromatic nitrogens is 1. The average Bonchev–Trinajstić information content (AvgIpc) is 3.09. The van der Waals surface area contributed by atoms with Crippen LogP contribution >= 0.6 is 0 Å². The van der Waals surface area contributed by atoms with Gasteiger partial charge in [0.1, 0.15) is 5.76 Å². The molecule has 0 bridgehead atoms. The Kier molecular flexibility index (Phi) is 4.93. The Morgan fingerprint density at radius 2 is 2.12 bits per heavy atom. The van der Waals surface area contributed by atoms with Gasteiger partial charge in [-0.05, 0) is 25.0 Å². The van der Waals surface area contributed by atoms with Crippen LogP contribution in [-0.2, 0) is 11.2 Å². The molecule has 1 aromatic heterocycles. The minimum Gasteiger partial charge on any atom is -0.359 e. The van der Waals surface area contributed by atoms with Gasteiger partial charge in [0, 0.05) is 31.1 Å². The van der Waals surface area contributed by atoms with E-state index in [0.717, 1.165) is 25.0 Å². The average molecular weight is 327 g/mol. The summed E-state index contributed by atoms with van der Waals surface area (Å²) >= 11 is 0. The molecule has 0 spiro atoms. The fourth-order valence-electron chi connectivity index (χ4n) is 2.91. The van der Waals surface area contributed by atoms with Crippen molar-refractivity contribution in [3.8, 4) is 0 Å². The monoisotopic (exact) mass is 327 g/mol. The Hall–Kier alpha value is -2.63. The van der Waals surface area contributed by atoms with Crippen molar-refractivity contribution in [1.29, 1.82) is 0 Å². The Balaban J connectivity index is 1.62. The predicted molar refractivity (Wildman–Crippen MR) is 89.6 cm³/mol. The van der Waals surface area contributed by atoms with Gasteiger partial charge in [-0.3, -0.25) is 9.59 Å². The van der Waals surface area contributed by atoms with Gasteiger partial charge in [-0.2, -0.15) is 0 Å². The first-order valence-corrected chi connectivity index (χ1v) is 8.28. The van der Waals surface area contributed by atoms with Crippen molar-refractivity contribution >= 4 is 17.6 Å². The molecule has 1 aliphatic heterocycles. The summed E-state index contributed by atoms with van der Waals surface area (Å²) in [5.41, 5.74) is 0.655. The normalized spacial score (nSPS) is 17.5. The molecule has 2 aromatic rings. The summed E-state index contributed by atoms with van der Waals surface area (Å²) in [6.45, 7) is 3.07. The number of anilines is 1. The quantitative estimate of drug-likeness (QED) is 0.937. The van der Waals surface area contributed by atoms with Gasteiger partial charge in [-0.15, -0.1) is 0 Å². The third-order valence-electron chi connectivity index (χ3n) is 4.26. The molecule has 6 heteroatoms. The van der Waals surface area contributed by atoms with E-state index in [1.165, 1.54) is 0 Å². The van der Waals surface area contributed by atoms with Crippen LogP contribution in [0.15, 0.2) is 40.9 Å². The van der Waals surface area contributed by atoms with E-state index in [0.29, 0.717) is 24.5 Å². The number of rotatable bonds is 4. The van der Waals surface area contributed by atoms with Crippen LogP contribution in [0.3, 0.4) is 0 Å². The van der Waals surface area contributed by atoms with Crippen molar-refractivity contribution in [3.63, 3.8) is 0 Å². The molecular formula is C18H21N3O3. The fraction of sp³-hybridized carbons (Fsp3) is 0.389. The van der Waals surface area contributed by atoms with E-state index >= 15 is 0 Å². The molecule has 1 N–H and O–H groups in total.